The summed E-state index contributed by atoms with van der Waals surface area (Å²) in [6.07, 6.45) is 0. The molecule has 0 aliphatic carbocycles. The van der Waals surface area contributed by atoms with Gasteiger partial charge in [0.2, 0.25) is 0 Å². The topological polar surface area (TPSA) is 62.1 Å². The zero-order valence-electron chi connectivity index (χ0n) is 15.4. The Balaban J connectivity index is 1.78. The molecule has 5 nitrogen and oxygen atoms in total. The number of benzene rings is 3. The molecule has 0 spiro atoms. The van der Waals surface area contributed by atoms with Crippen LogP contribution < -0.4 is 4.74 Å². The first-order valence-electron chi connectivity index (χ1n) is 8.84. The number of amides is 1. The van der Waals surface area contributed by atoms with Crippen LogP contribution in [-0.2, 0) is 0 Å². The predicted molar refractivity (Wildman–Crippen MR) is 116 cm³/mol. The molecule has 0 saturated heterocycles. The number of nitrogens with zero attached hydrogens (tertiary/aromatic N) is 2. The van der Waals surface area contributed by atoms with Crippen molar-refractivity contribution in [3.8, 4) is 11.5 Å². The van der Waals surface area contributed by atoms with Crippen LogP contribution in [0.25, 0.3) is 0 Å². The van der Waals surface area contributed by atoms with Gasteiger partial charge in [-0.15, -0.1) is 0 Å². The van der Waals surface area contributed by atoms with Gasteiger partial charge in [0.05, 0.1) is 12.7 Å². The van der Waals surface area contributed by atoms with Gasteiger partial charge in [0.1, 0.15) is 21.9 Å². The Hall–Kier alpha value is -2.96. The number of rotatable bonds is 4. The monoisotopic (exact) mass is 424 g/mol. The van der Waals surface area contributed by atoms with E-state index in [1.54, 1.807) is 37.4 Å². The molecule has 146 valence electrons. The summed E-state index contributed by atoms with van der Waals surface area (Å²) in [5, 5.41) is 17.0. The summed E-state index contributed by atoms with van der Waals surface area (Å²) in [5.74, 6) is 0.180. The Kier molecular flexibility index (Phi) is 5.47. The van der Waals surface area contributed by atoms with E-state index in [1.807, 2.05) is 36.4 Å². The lowest BCUT2D eigenvalue weighted by Gasteiger charge is -2.23. The van der Waals surface area contributed by atoms with Gasteiger partial charge in [-0.05, 0) is 30.3 Å². The zero-order valence-corrected chi connectivity index (χ0v) is 17.0. The third-order valence-corrected chi connectivity index (χ3v) is 5.95. The van der Waals surface area contributed by atoms with Crippen LogP contribution >= 0.6 is 23.4 Å². The maximum absolute atomic E-state index is 13.3. The minimum atomic E-state index is -0.441. The third kappa shape index (κ3) is 3.81. The van der Waals surface area contributed by atoms with Gasteiger partial charge in [0, 0.05) is 16.1 Å². The summed E-state index contributed by atoms with van der Waals surface area (Å²) in [4.78, 5) is 13.3. The average molecular weight is 425 g/mol. The number of carbonyl (C=O) groups is 1. The second-order valence-corrected chi connectivity index (χ2v) is 7.80. The van der Waals surface area contributed by atoms with E-state index in [0.29, 0.717) is 15.8 Å². The van der Waals surface area contributed by atoms with Gasteiger partial charge >= 0.3 is 0 Å². The summed E-state index contributed by atoms with van der Waals surface area (Å²) in [5.41, 5.74) is 1.86. The van der Waals surface area contributed by atoms with Gasteiger partial charge in [-0.25, -0.2) is 5.01 Å². The van der Waals surface area contributed by atoms with Crippen molar-refractivity contribution in [2.45, 2.75) is 5.37 Å². The molecule has 29 heavy (non-hydrogen) atoms. The summed E-state index contributed by atoms with van der Waals surface area (Å²) in [6.45, 7) is 0. The van der Waals surface area contributed by atoms with Gasteiger partial charge in [-0.2, -0.15) is 5.10 Å². The number of para-hydroxylation sites is 2. The lowest BCUT2D eigenvalue weighted by Crippen LogP contribution is -2.26. The average Bonchev–Trinajstić information content (AvgIpc) is 3.19. The molecule has 1 aliphatic rings. The van der Waals surface area contributed by atoms with Gasteiger partial charge in [0.25, 0.3) is 5.91 Å². The minimum Gasteiger partial charge on any atom is -0.507 e. The molecule has 4 rings (SSSR count). The third-order valence-electron chi connectivity index (χ3n) is 4.48. The number of hydrazone groups is 1. The van der Waals surface area contributed by atoms with Crippen molar-refractivity contribution in [3.63, 3.8) is 0 Å². The number of halogens is 1. The fraction of sp³-hybridized carbons (Fsp3) is 0.0909. The standard InChI is InChI=1S/C22H17ClN2O3S/c1-28-19-9-5-3-7-17(19)22-25(21(27)16-6-2-4-8-18(16)26)24-20(29-22)14-10-12-15(23)13-11-14/h2-13,22,26H,1H3. The number of carbonyl (C=O) groups excluding carboxylic acids is 1. The van der Waals surface area contributed by atoms with Crippen molar-refractivity contribution < 1.29 is 14.6 Å². The van der Waals surface area contributed by atoms with E-state index in [4.69, 9.17) is 16.3 Å². The Labute approximate surface area is 177 Å². The molecule has 7 heteroatoms. The van der Waals surface area contributed by atoms with Crippen molar-refractivity contribution >= 4 is 34.3 Å². The van der Waals surface area contributed by atoms with E-state index < -0.39 is 11.3 Å². The Morgan fingerprint density at radius 1 is 1.07 bits per heavy atom. The van der Waals surface area contributed by atoms with Crippen LogP contribution in [0.3, 0.4) is 0 Å². The van der Waals surface area contributed by atoms with Gasteiger partial charge < -0.3 is 9.84 Å². The second kappa shape index (κ2) is 8.19. The van der Waals surface area contributed by atoms with Gasteiger partial charge in [-0.1, -0.05) is 65.8 Å². The second-order valence-electron chi connectivity index (χ2n) is 6.29. The summed E-state index contributed by atoms with van der Waals surface area (Å²) in [6, 6.07) is 21.2. The largest absolute Gasteiger partial charge is 0.507 e. The van der Waals surface area contributed by atoms with E-state index in [2.05, 4.69) is 5.10 Å². The number of ether oxygens (including phenoxy) is 1. The highest BCUT2D eigenvalue weighted by molar-refractivity contribution is 8.14. The first kappa shape index (κ1) is 19.4. The molecule has 1 N–H and O–H groups in total. The first-order valence-corrected chi connectivity index (χ1v) is 10.1. The number of hydrogen-bond acceptors (Lipinski definition) is 5. The molecule has 1 heterocycles. The number of hydrogen-bond donors (Lipinski definition) is 1. The van der Waals surface area contributed by atoms with Crippen LogP contribution in [0.15, 0.2) is 77.9 Å². The number of phenolic OH excluding ortho intramolecular Hbond substituents is 1. The molecule has 1 aliphatic heterocycles. The minimum absolute atomic E-state index is 0.0866. The lowest BCUT2D eigenvalue weighted by molar-refractivity contribution is 0.0745. The van der Waals surface area contributed by atoms with Crippen LogP contribution in [0.5, 0.6) is 11.5 Å². The molecular weight excluding hydrogens is 408 g/mol. The highest BCUT2D eigenvalue weighted by Crippen LogP contribution is 2.45. The van der Waals surface area contributed by atoms with Crippen LogP contribution in [0.2, 0.25) is 5.02 Å². The van der Waals surface area contributed by atoms with E-state index in [0.717, 1.165) is 11.1 Å². The number of methoxy groups -OCH3 is 1. The number of aromatic hydroxyl groups is 1. The molecule has 3 aromatic carbocycles. The molecule has 0 bridgehead atoms. The highest BCUT2D eigenvalue weighted by Gasteiger charge is 2.36. The molecule has 0 radical (unpaired) electrons. The molecule has 1 unspecified atom stereocenters. The van der Waals surface area contributed by atoms with Crippen molar-refractivity contribution in [1.29, 1.82) is 0 Å². The van der Waals surface area contributed by atoms with Crippen LogP contribution in [-0.4, -0.2) is 28.2 Å². The zero-order chi connectivity index (χ0) is 20.4. The SMILES string of the molecule is COc1ccccc1C1SC(c2ccc(Cl)cc2)=NN1C(=O)c1ccccc1O. The Morgan fingerprint density at radius 3 is 2.48 bits per heavy atom. The van der Waals surface area contributed by atoms with E-state index >= 15 is 0 Å². The predicted octanol–water partition coefficient (Wildman–Crippen LogP) is 5.30. The number of phenols is 1. The maximum Gasteiger partial charge on any atom is 0.279 e. The quantitative estimate of drug-likeness (QED) is 0.617. The fourth-order valence-corrected chi connectivity index (χ4v) is 4.35. The molecule has 3 aromatic rings. The Bertz CT molecular complexity index is 1090. The molecule has 1 amide bonds. The summed E-state index contributed by atoms with van der Waals surface area (Å²) >= 11 is 7.44. The van der Waals surface area contributed by atoms with Crippen LogP contribution in [0.1, 0.15) is 26.9 Å². The first-order chi connectivity index (χ1) is 14.1. The number of thioether (sulfide) groups is 1. The highest BCUT2D eigenvalue weighted by atomic mass is 35.5. The molecule has 0 fully saturated rings. The van der Waals surface area contributed by atoms with E-state index in [-0.39, 0.29) is 11.3 Å². The van der Waals surface area contributed by atoms with E-state index in [1.165, 1.54) is 22.8 Å². The van der Waals surface area contributed by atoms with Gasteiger partial charge in [0.15, 0.2) is 0 Å². The molecular formula is C22H17ClN2O3S. The van der Waals surface area contributed by atoms with Crippen molar-refractivity contribution in [2.75, 3.05) is 7.11 Å². The maximum atomic E-state index is 13.3. The van der Waals surface area contributed by atoms with Gasteiger partial charge in [-0.3, -0.25) is 4.79 Å². The molecule has 1 atom stereocenters. The summed E-state index contributed by atoms with van der Waals surface area (Å²) < 4.78 is 5.50. The smallest absolute Gasteiger partial charge is 0.279 e. The molecule has 0 aromatic heterocycles. The van der Waals surface area contributed by atoms with E-state index in [9.17, 15) is 9.90 Å². The van der Waals surface area contributed by atoms with Crippen molar-refractivity contribution in [3.05, 3.63) is 94.5 Å². The Morgan fingerprint density at radius 2 is 1.76 bits per heavy atom. The lowest BCUT2D eigenvalue weighted by atomic mass is 10.1. The summed E-state index contributed by atoms with van der Waals surface area (Å²) in [7, 11) is 1.59. The van der Waals surface area contributed by atoms with Crippen molar-refractivity contribution in [2.24, 2.45) is 5.10 Å². The van der Waals surface area contributed by atoms with Crippen LogP contribution in [0, 0.1) is 0 Å². The van der Waals surface area contributed by atoms with Crippen LogP contribution in [0.4, 0.5) is 0 Å². The normalized spacial score (nSPS) is 15.9. The fourth-order valence-electron chi connectivity index (χ4n) is 3.04. The van der Waals surface area contributed by atoms with Crippen molar-refractivity contribution in [1.82, 2.24) is 5.01 Å². The molecule has 0 saturated carbocycles.